The van der Waals surface area contributed by atoms with Crippen LogP contribution in [0.3, 0.4) is 0 Å². The molecule has 0 saturated heterocycles. The average molecular weight is 239 g/mol. The quantitative estimate of drug-likeness (QED) is 0.721. The second kappa shape index (κ2) is 3.82. The molecule has 0 spiro atoms. The summed E-state index contributed by atoms with van der Waals surface area (Å²) >= 11 is 0. The zero-order valence-corrected chi connectivity index (χ0v) is 10.9. The van der Waals surface area contributed by atoms with Crippen LogP contribution in [-0.2, 0) is 5.54 Å². The molecular weight excluding hydrogens is 222 g/mol. The van der Waals surface area contributed by atoms with Crippen LogP contribution in [0.2, 0.25) is 0 Å². The molecule has 3 heteroatoms. The Morgan fingerprint density at radius 2 is 1.89 bits per heavy atom. The van der Waals surface area contributed by atoms with Gasteiger partial charge in [-0.25, -0.2) is 0 Å². The lowest BCUT2D eigenvalue weighted by molar-refractivity contribution is 0.445. The summed E-state index contributed by atoms with van der Waals surface area (Å²) in [6, 6.07) is 8.57. The number of hydrogen-bond acceptors (Lipinski definition) is 2. The van der Waals surface area contributed by atoms with Gasteiger partial charge < -0.3 is 10.3 Å². The van der Waals surface area contributed by atoms with E-state index in [2.05, 4.69) is 47.3 Å². The molecule has 92 valence electrons. The molecule has 2 heterocycles. The van der Waals surface area contributed by atoms with Crippen LogP contribution in [0, 0.1) is 0 Å². The van der Waals surface area contributed by atoms with E-state index >= 15 is 0 Å². The average Bonchev–Trinajstić information content (AvgIpc) is 2.76. The van der Waals surface area contributed by atoms with Crippen LogP contribution in [0.15, 0.2) is 36.7 Å². The van der Waals surface area contributed by atoms with E-state index in [4.69, 9.17) is 0 Å². The molecule has 0 aliphatic carbocycles. The number of H-pyrrole nitrogens is 1. The summed E-state index contributed by atoms with van der Waals surface area (Å²) in [6.45, 7) is 4.36. The highest BCUT2D eigenvalue weighted by molar-refractivity contribution is 6.06. The van der Waals surface area contributed by atoms with Gasteiger partial charge in [0.05, 0.1) is 0 Å². The van der Waals surface area contributed by atoms with Crippen molar-refractivity contribution in [2.45, 2.75) is 19.4 Å². The Hall–Kier alpha value is -1.87. The lowest BCUT2D eigenvalue weighted by Crippen LogP contribution is -2.32. The number of fused-ring (bicyclic) bond motifs is 3. The summed E-state index contributed by atoms with van der Waals surface area (Å²) < 4.78 is 0. The van der Waals surface area contributed by atoms with Crippen molar-refractivity contribution < 1.29 is 0 Å². The van der Waals surface area contributed by atoms with Crippen molar-refractivity contribution in [2.75, 3.05) is 7.05 Å². The SMILES string of the molecule is CNC(C)(C)c1ccc2[nH]c3ccncc3c2c1. The fourth-order valence-electron chi connectivity index (χ4n) is 2.27. The first-order valence-corrected chi connectivity index (χ1v) is 6.17. The molecule has 0 aliphatic heterocycles. The van der Waals surface area contributed by atoms with Gasteiger partial charge in [-0.1, -0.05) is 6.07 Å². The van der Waals surface area contributed by atoms with Crippen LogP contribution in [-0.4, -0.2) is 17.0 Å². The normalized spacial score (nSPS) is 12.4. The van der Waals surface area contributed by atoms with E-state index in [1.165, 1.54) is 16.3 Å². The van der Waals surface area contributed by atoms with Crippen molar-refractivity contribution >= 4 is 21.8 Å². The van der Waals surface area contributed by atoms with Crippen LogP contribution in [0.5, 0.6) is 0 Å². The summed E-state index contributed by atoms with van der Waals surface area (Å²) in [6.07, 6.45) is 3.74. The topological polar surface area (TPSA) is 40.7 Å². The molecule has 0 atom stereocenters. The Balaban J connectivity index is 2.31. The number of benzene rings is 1. The predicted octanol–water partition coefficient (Wildman–Crippen LogP) is 3.17. The van der Waals surface area contributed by atoms with Gasteiger partial charge in [0.15, 0.2) is 0 Å². The first-order valence-electron chi connectivity index (χ1n) is 6.17. The van der Waals surface area contributed by atoms with Gasteiger partial charge in [-0.3, -0.25) is 4.98 Å². The molecule has 2 N–H and O–H groups in total. The molecule has 0 unspecified atom stereocenters. The number of hydrogen-bond donors (Lipinski definition) is 2. The molecule has 0 radical (unpaired) electrons. The summed E-state index contributed by atoms with van der Waals surface area (Å²) in [5.41, 5.74) is 3.55. The fraction of sp³-hybridized carbons (Fsp3) is 0.267. The molecule has 18 heavy (non-hydrogen) atoms. The molecule has 0 saturated carbocycles. The highest BCUT2D eigenvalue weighted by atomic mass is 14.9. The van der Waals surface area contributed by atoms with Crippen LogP contribution < -0.4 is 5.32 Å². The zero-order valence-electron chi connectivity index (χ0n) is 10.9. The number of pyridine rings is 1. The fourth-order valence-corrected chi connectivity index (χ4v) is 2.27. The molecule has 0 bridgehead atoms. The summed E-state index contributed by atoms with van der Waals surface area (Å²) in [7, 11) is 1.99. The molecule has 0 fully saturated rings. The van der Waals surface area contributed by atoms with E-state index in [0.717, 1.165) is 11.0 Å². The number of nitrogens with zero attached hydrogens (tertiary/aromatic N) is 1. The lowest BCUT2D eigenvalue weighted by atomic mass is 9.93. The number of aromatic nitrogens is 2. The molecule has 1 aromatic carbocycles. The van der Waals surface area contributed by atoms with E-state index in [1.54, 1.807) is 0 Å². The van der Waals surface area contributed by atoms with Crippen LogP contribution in [0.25, 0.3) is 21.8 Å². The van der Waals surface area contributed by atoms with Crippen molar-refractivity contribution in [3.05, 3.63) is 42.2 Å². The van der Waals surface area contributed by atoms with E-state index < -0.39 is 0 Å². The number of rotatable bonds is 2. The third kappa shape index (κ3) is 1.59. The predicted molar refractivity (Wildman–Crippen MR) is 75.7 cm³/mol. The van der Waals surface area contributed by atoms with E-state index in [0.29, 0.717) is 0 Å². The van der Waals surface area contributed by atoms with E-state index in [9.17, 15) is 0 Å². The first kappa shape index (κ1) is 11.2. The molecule has 0 aliphatic rings. The van der Waals surface area contributed by atoms with Crippen molar-refractivity contribution in [3.8, 4) is 0 Å². The Morgan fingerprint density at radius 3 is 2.67 bits per heavy atom. The van der Waals surface area contributed by atoms with Crippen molar-refractivity contribution in [1.29, 1.82) is 0 Å². The molecule has 3 aromatic rings. The smallest absolute Gasteiger partial charge is 0.0495 e. The molecule has 3 nitrogen and oxygen atoms in total. The maximum absolute atomic E-state index is 4.21. The van der Waals surface area contributed by atoms with Gasteiger partial charge in [0, 0.05) is 39.7 Å². The Kier molecular flexibility index (Phi) is 2.38. The number of aromatic amines is 1. The molecule has 0 amide bonds. The van der Waals surface area contributed by atoms with Gasteiger partial charge in [0.25, 0.3) is 0 Å². The van der Waals surface area contributed by atoms with Crippen LogP contribution in [0.1, 0.15) is 19.4 Å². The second-order valence-corrected chi connectivity index (χ2v) is 5.18. The van der Waals surface area contributed by atoms with Crippen LogP contribution >= 0.6 is 0 Å². The Morgan fingerprint density at radius 1 is 1.11 bits per heavy atom. The standard InChI is InChI=1S/C15H17N3/c1-15(2,16-3)10-4-5-13-11(8-10)12-9-17-7-6-14(12)18-13/h4-9,16,18H,1-3H3. The Bertz CT molecular complexity index is 710. The largest absolute Gasteiger partial charge is 0.354 e. The van der Waals surface area contributed by atoms with Gasteiger partial charge in [0.1, 0.15) is 0 Å². The third-order valence-corrected chi connectivity index (χ3v) is 3.75. The molecule has 2 aromatic heterocycles. The van der Waals surface area contributed by atoms with Gasteiger partial charge >= 0.3 is 0 Å². The second-order valence-electron chi connectivity index (χ2n) is 5.18. The summed E-state index contributed by atoms with van der Waals surface area (Å²) in [5, 5.41) is 5.75. The number of nitrogens with one attached hydrogen (secondary N) is 2. The summed E-state index contributed by atoms with van der Waals surface area (Å²) in [5.74, 6) is 0. The van der Waals surface area contributed by atoms with Gasteiger partial charge in [0.2, 0.25) is 0 Å². The van der Waals surface area contributed by atoms with Gasteiger partial charge in [-0.15, -0.1) is 0 Å². The van der Waals surface area contributed by atoms with Crippen molar-refractivity contribution in [2.24, 2.45) is 0 Å². The maximum Gasteiger partial charge on any atom is 0.0495 e. The minimum absolute atomic E-state index is 0.0278. The minimum Gasteiger partial charge on any atom is -0.354 e. The van der Waals surface area contributed by atoms with Gasteiger partial charge in [-0.2, -0.15) is 0 Å². The third-order valence-electron chi connectivity index (χ3n) is 3.75. The highest BCUT2D eigenvalue weighted by Gasteiger charge is 2.18. The Labute approximate surface area is 106 Å². The first-order chi connectivity index (χ1) is 8.62. The zero-order chi connectivity index (χ0) is 12.8. The van der Waals surface area contributed by atoms with Crippen molar-refractivity contribution in [3.63, 3.8) is 0 Å². The lowest BCUT2D eigenvalue weighted by Gasteiger charge is -2.24. The van der Waals surface area contributed by atoms with Gasteiger partial charge in [-0.05, 0) is 44.7 Å². The highest BCUT2D eigenvalue weighted by Crippen LogP contribution is 2.29. The molecule has 3 rings (SSSR count). The van der Waals surface area contributed by atoms with Crippen molar-refractivity contribution in [1.82, 2.24) is 15.3 Å². The maximum atomic E-state index is 4.21. The van der Waals surface area contributed by atoms with Crippen LogP contribution in [0.4, 0.5) is 0 Å². The monoisotopic (exact) mass is 239 g/mol. The summed E-state index contributed by atoms with van der Waals surface area (Å²) in [4.78, 5) is 7.63. The van der Waals surface area contributed by atoms with E-state index in [1.807, 2.05) is 25.5 Å². The van der Waals surface area contributed by atoms with E-state index in [-0.39, 0.29) is 5.54 Å². The molecular formula is C15H17N3. The minimum atomic E-state index is -0.0278.